The van der Waals surface area contributed by atoms with Gasteiger partial charge in [-0.25, -0.2) is 0 Å². The van der Waals surface area contributed by atoms with Crippen LogP contribution < -0.4 is 10.2 Å². The summed E-state index contributed by atoms with van der Waals surface area (Å²) >= 11 is 18.4. The highest BCUT2D eigenvalue weighted by Crippen LogP contribution is 2.30. The molecule has 0 atom stereocenters. The summed E-state index contributed by atoms with van der Waals surface area (Å²) in [4.78, 5) is 16.9. The van der Waals surface area contributed by atoms with Crippen LogP contribution in [0.4, 0.5) is 11.4 Å². The molecule has 0 unspecified atom stereocenters. The molecule has 0 saturated carbocycles. The van der Waals surface area contributed by atoms with Crippen molar-refractivity contribution in [2.75, 3.05) is 43.4 Å². The van der Waals surface area contributed by atoms with Crippen molar-refractivity contribution in [3.05, 3.63) is 57.0 Å². The van der Waals surface area contributed by atoms with E-state index in [1.807, 2.05) is 12.1 Å². The molecule has 2 aromatic carbocycles. The highest BCUT2D eigenvalue weighted by molar-refractivity contribution is 6.36. The molecule has 1 heterocycles. The van der Waals surface area contributed by atoms with Crippen LogP contribution in [0.1, 0.15) is 10.4 Å². The molecule has 4 nitrogen and oxygen atoms in total. The lowest BCUT2D eigenvalue weighted by Gasteiger charge is -2.34. The summed E-state index contributed by atoms with van der Waals surface area (Å²) in [7, 11) is 2.11. The van der Waals surface area contributed by atoms with Gasteiger partial charge in [-0.1, -0.05) is 34.8 Å². The van der Waals surface area contributed by atoms with Gasteiger partial charge in [0.15, 0.2) is 0 Å². The van der Waals surface area contributed by atoms with Crippen LogP contribution in [-0.2, 0) is 0 Å². The van der Waals surface area contributed by atoms with Gasteiger partial charge in [0, 0.05) is 36.9 Å². The van der Waals surface area contributed by atoms with Crippen LogP contribution >= 0.6 is 34.8 Å². The molecule has 132 valence electrons. The largest absolute Gasteiger partial charge is 0.368 e. The van der Waals surface area contributed by atoms with Gasteiger partial charge in [0.25, 0.3) is 5.91 Å². The van der Waals surface area contributed by atoms with Crippen molar-refractivity contribution < 1.29 is 4.79 Å². The van der Waals surface area contributed by atoms with Gasteiger partial charge in [-0.05, 0) is 43.4 Å². The molecule has 0 radical (unpaired) electrons. The van der Waals surface area contributed by atoms with Gasteiger partial charge >= 0.3 is 0 Å². The molecule has 0 aliphatic carbocycles. The number of hydrogen-bond donors (Lipinski definition) is 1. The maximum Gasteiger partial charge on any atom is 0.257 e. The first kappa shape index (κ1) is 18.3. The molecule has 1 amide bonds. The summed E-state index contributed by atoms with van der Waals surface area (Å²) in [5, 5.41) is 4.23. The van der Waals surface area contributed by atoms with Crippen molar-refractivity contribution in [1.29, 1.82) is 0 Å². The zero-order chi connectivity index (χ0) is 18.0. The number of carbonyl (C=O) groups excluding carboxylic acids is 1. The van der Waals surface area contributed by atoms with Crippen molar-refractivity contribution in [3.63, 3.8) is 0 Å². The third kappa shape index (κ3) is 4.39. The fraction of sp³-hybridized carbons (Fsp3) is 0.278. The van der Waals surface area contributed by atoms with Crippen molar-refractivity contribution in [2.24, 2.45) is 0 Å². The van der Waals surface area contributed by atoms with Crippen LogP contribution in [0.5, 0.6) is 0 Å². The van der Waals surface area contributed by atoms with Crippen LogP contribution in [0.25, 0.3) is 0 Å². The monoisotopic (exact) mass is 397 g/mol. The fourth-order valence-electron chi connectivity index (χ4n) is 2.76. The van der Waals surface area contributed by atoms with E-state index < -0.39 is 0 Å². The maximum absolute atomic E-state index is 12.4. The molecule has 3 rings (SSSR count). The van der Waals surface area contributed by atoms with E-state index in [9.17, 15) is 4.79 Å². The second-order valence-corrected chi connectivity index (χ2v) is 7.29. The first-order valence-electron chi connectivity index (χ1n) is 7.93. The minimum atomic E-state index is -0.323. The Morgan fingerprint density at radius 3 is 2.36 bits per heavy atom. The number of benzene rings is 2. The average Bonchev–Trinajstić information content (AvgIpc) is 2.58. The lowest BCUT2D eigenvalue weighted by Crippen LogP contribution is -2.44. The normalized spacial score (nSPS) is 15.3. The number of likely N-dealkylation sites (N-methyl/N-ethyl adjacent to an activating group) is 1. The Morgan fingerprint density at radius 2 is 1.68 bits per heavy atom. The molecule has 0 spiro atoms. The Labute approximate surface area is 162 Å². The lowest BCUT2D eigenvalue weighted by atomic mass is 10.2. The summed E-state index contributed by atoms with van der Waals surface area (Å²) in [6.07, 6.45) is 0. The number of rotatable bonds is 3. The highest BCUT2D eigenvalue weighted by Gasteiger charge is 2.17. The SMILES string of the molecule is CN1CCN(c2ccc(NC(=O)c3cc(Cl)ccc3Cl)cc2Cl)CC1. The van der Waals surface area contributed by atoms with Gasteiger partial charge in [0.2, 0.25) is 0 Å². The molecule has 1 aliphatic heterocycles. The molecule has 25 heavy (non-hydrogen) atoms. The molecule has 1 aliphatic rings. The van der Waals surface area contributed by atoms with Crippen LogP contribution in [0.15, 0.2) is 36.4 Å². The van der Waals surface area contributed by atoms with Gasteiger partial charge < -0.3 is 15.1 Å². The van der Waals surface area contributed by atoms with E-state index >= 15 is 0 Å². The summed E-state index contributed by atoms with van der Waals surface area (Å²) in [5.74, 6) is -0.323. The minimum Gasteiger partial charge on any atom is -0.368 e. The first-order valence-corrected chi connectivity index (χ1v) is 9.07. The van der Waals surface area contributed by atoms with Gasteiger partial charge in [-0.15, -0.1) is 0 Å². The van der Waals surface area contributed by atoms with Crippen molar-refractivity contribution >= 4 is 52.1 Å². The predicted octanol–water partition coefficient (Wildman–Crippen LogP) is 4.65. The van der Waals surface area contributed by atoms with Gasteiger partial charge in [-0.3, -0.25) is 4.79 Å². The second-order valence-electron chi connectivity index (χ2n) is 6.03. The molecule has 0 bridgehead atoms. The first-order chi connectivity index (χ1) is 11.9. The van der Waals surface area contributed by atoms with E-state index in [0.717, 1.165) is 31.9 Å². The second kappa shape index (κ2) is 7.83. The van der Waals surface area contributed by atoms with Crippen LogP contribution in [0, 0.1) is 0 Å². The standard InChI is InChI=1S/C18H18Cl3N3O/c1-23-6-8-24(9-7-23)17-5-3-13(11-16(17)21)22-18(25)14-10-12(19)2-4-15(14)20/h2-5,10-11H,6-9H2,1H3,(H,22,25). The molecule has 1 saturated heterocycles. The molecular formula is C18H18Cl3N3O. The minimum absolute atomic E-state index is 0.323. The third-order valence-electron chi connectivity index (χ3n) is 4.22. The number of halogens is 3. The van der Waals surface area contributed by atoms with E-state index in [4.69, 9.17) is 34.8 Å². The smallest absolute Gasteiger partial charge is 0.257 e. The number of carbonyl (C=O) groups is 1. The van der Waals surface area contributed by atoms with E-state index in [0.29, 0.717) is 26.3 Å². The Bertz CT molecular complexity index is 789. The Kier molecular flexibility index (Phi) is 5.74. The Morgan fingerprint density at radius 1 is 0.960 bits per heavy atom. The van der Waals surface area contributed by atoms with Crippen LogP contribution in [-0.4, -0.2) is 44.0 Å². The zero-order valence-corrected chi connectivity index (χ0v) is 16.0. The number of hydrogen-bond acceptors (Lipinski definition) is 3. The number of nitrogens with zero attached hydrogens (tertiary/aromatic N) is 2. The number of nitrogens with one attached hydrogen (secondary N) is 1. The van der Waals surface area contributed by atoms with Gasteiger partial charge in [0.05, 0.1) is 21.3 Å². The van der Waals surface area contributed by atoms with E-state index in [1.54, 1.807) is 24.3 Å². The lowest BCUT2D eigenvalue weighted by molar-refractivity contribution is 0.102. The van der Waals surface area contributed by atoms with E-state index in [2.05, 4.69) is 22.2 Å². The predicted molar refractivity (Wildman–Crippen MR) is 106 cm³/mol. The number of piperazine rings is 1. The third-order valence-corrected chi connectivity index (χ3v) is 5.09. The van der Waals surface area contributed by atoms with Crippen molar-refractivity contribution in [1.82, 2.24) is 4.90 Å². The van der Waals surface area contributed by atoms with E-state index in [1.165, 1.54) is 0 Å². The number of amides is 1. The fourth-order valence-corrected chi connectivity index (χ4v) is 3.43. The van der Waals surface area contributed by atoms with Crippen molar-refractivity contribution in [3.8, 4) is 0 Å². The average molecular weight is 399 g/mol. The number of anilines is 2. The maximum atomic E-state index is 12.4. The molecular weight excluding hydrogens is 381 g/mol. The summed E-state index contributed by atoms with van der Waals surface area (Å²) < 4.78 is 0. The van der Waals surface area contributed by atoms with Crippen molar-refractivity contribution in [2.45, 2.75) is 0 Å². The molecule has 7 heteroatoms. The van der Waals surface area contributed by atoms with Gasteiger partial charge in [-0.2, -0.15) is 0 Å². The topological polar surface area (TPSA) is 35.6 Å². The molecule has 2 aromatic rings. The molecule has 1 N–H and O–H groups in total. The van der Waals surface area contributed by atoms with E-state index in [-0.39, 0.29) is 5.91 Å². The zero-order valence-electron chi connectivity index (χ0n) is 13.7. The summed E-state index contributed by atoms with van der Waals surface area (Å²) in [6.45, 7) is 3.87. The molecule has 1 fully saturated rings. The summed E-state index contributed by atoms with van der Waals surface area (Å²) in [6, 6.07) is 10.3. The van der Waals surface area contributed by atoms with Crippen LogP contribution in [0.3, 0.4) is 0 Å². The van der Waals surface area contributed by atoms with Crippen LogP contribution in [0.2, 0.25) is 15.1 Å². The quantitative estimate of drug-likeness (QED) is 0.817. The highest BCUT2D eigenvalue weighted by atomic mass is 35.5. The Hall–Kier alpha value is -1.46. The van der Waals surface area contributed by atoms with Gasteiger partial charge in [0.1, 0.15) is 0 Å². The summed E-state index contributed by atoms with van der Waals surface area (Å²) in [5.41, 5.74) is 1.92. The molecule has 0 aromatic heterocycles. The Balaban J connectivity index is 1.74.